The molecule has 0 atom stereocenters. The fraction of sp³-hybridized carbons (Fsp3) is 0.409. The molecule has 9 heteroatoms. The standard InChI is InChI=1S/C22H25ClFN3O3S/c23-17-7-9-20(26-10-4-5-11-26)19(15-17)25-22(28)16-6-8-18(24)21(14-16)31(29,30)27-12-2-1-3-13-27/h6-9,14-15H,1-5,10-13H2,(H,25,28). The van der Waals surface area contributed by atoms with Gasteiger partial charge in [-0.15, -0.1) is 0 Å². The smallest absolute Gasteiger partial charge is 0.255 e. The number of rotatable bonds is 5. The maximum absolute atomic E-state index is 14.5. The zero-order chi connectivity index (χ0) is 22.0. The van der Waals surface area contributed by atoms with E-state index in [1.165, 1.54) is 10.4 Å². The maximum atomic E-state index is 14.5. The van der Waals surface area contributed by atoms with Gasteiger partial charge in [-0.2, -0.15) is 4.31 Å². The number of carbonyl (C=O) groups excluding carboxylic acids is 1. The summed E-state index contributed by atoms with van der Waals surface area (Å²) >= 11 is 6.14. The number of anilines is 2. The van der Waals surface area contributed by atoms with E-state index >= 15 is 0 Å². The molecule has 2 aromatic rings. The van der Waals surface area contributed by atoms with E-state index in [-0.39, 0.29) is 5.56 Å². The second kappa shape index (κ2) is 9.14. The summed E-state index contributed by atoms with van der Waals surface area (Å²) < 4.78 is 41.6. The van der Waals surface area contributed by atoms with Gasteiger partial charge in [-0.05, 0) is 62.1 Å². The van der Waals surface area contributed by atoms with E-state index < -0.39 is 26.6 Å². The van der Waals surface area contributed by atoms with Crippen molar-refractivity contribution >= 4 is 38.9 Å². The Bertz CT molecular complexity index is 1080. The number of hydrogen-bond donors (Lipinski definition) is 1. The molecule has 0 aliphatic carbocycles. The lowest BCUT2D eigenvalue weighted by atomic mass is 10.2. The quantitative estimate of drug-likeness (QED) is 0.705. The predicted molar refractivity (Wildman–Crippen MR) is 120 cm³/mol. The van der Waals surface area contributed by atoms with Crippen LogP contribution in [0.15, 0.2) is 41.3 Å². The molecule has 2 aromatic carbocycles. The van der Waals surface area contributed by atoms with Crippen molar-refractivity contribution in [3.8, 4) is 0 Å². The van der Waals surface area contributed by atoms with Gasteiger partial charge in [0.1, 0.15) is 10.7 Å². The highest BCUT2D eigenvalue weighted by molar-refractivity contribution is 7.89. The van der Waals surface area contributed by atoms with Gasteiger partial charge in [0.25, 0.3) is 5.91 Å². The van der Waals surface area contributed by atoms with Crippen LogP contribution in [0.1, 0.15) is 42.5 Å². The summed E-state index contributed by atoms with van der Waals surface area (Å²) in [5.74, 6) is -1.37. The van der Waals surface area contributed by atoms with E-state index in [1.807, 2.05) is 6.07 Å². The minimum atomic E-state index is -4.00. The Kier molecular flexibility index (Phi) is 6.50. The van der Waals surface area contributed by atoms with Crippen molar-refractivity contribution in [2.75, 3.05) is 36.4 Å². The molecule has 2 heterocycles. The Balaban J connectivity index is 1.62. The molecule has 6 nitrogen and oxygen atoms in total. The van der Waals surface area contributed by atoms with Crippen molar-refractivity contribution in [2.24, 2.45) is 0 Å². The van der Waals surface area contributed by atoms with Gasteiger partial charge >= 0.3 is 0 Å². The van der Waals surface area contributed by atoms with E-state index in [2.05, 4.69) is 10.2 Å². The first-order chi connectivity index (χ1) is 14.9. The van der Waals surface area contributed by atoms with Gasteiger partial charge in [-0.25, -0.2) is 12.8 Å². The number of amides is 1. The van der Waals surface area contributed by atoms with Crippen LogP contribution in [0.5, 0.6) is 0 Å². The lowest BCUT2D eigenvalue weighted by Gasteiger charge is -2.26. The lowest BCUT2D eigenvalue weighted by molar-refractivity contribution is 0.102. The highest BCUT2D eigenvalue weighted by Crippen LogP contribution is 2.32. The summed E-state index contributed by atoms with van der Waals surface area (Å²) in [5, 5.41) is 3.30. The maximum Gasteiger partial charge on any atom is 0.255 e. The molecule has 1 amide bonds. The van der Waals surface area contributed by atoms with Crippen LogP contribution in [-0.2, 0) is 10.0 Å². The number of benzene rings is 2. The van der Waals surface area contributed by atoms with Crippen molar-refractivity contribution in [1.82, 2.24) is 4.31 Å². The Morgan fingerprint density at radius 3 is 2.32 bits per heavy atom. The molecule has 2 aliphatic heterocycles. The molecule has 0 radical (unpaired) electrons. The van der Waals surface area contributed by atoms with Crippen LogP contribution >= 0.6 is 11.6 Å². The minimum Gasteiger partial charge on any atom is -0.370 e. The largest absolute Gasteiger partial charge is 0.370 e. The second-order valence-corrected chi connectivity index (χ2v) is 10.3. The Morgan fingerprint density at radius 2 is 1.61 bits per heavy atom. The highest BCUT2D eigenvalue weighted by atomic mass is 35.5. The van der Waals surface area contributed by atoms with Crippen LogP contribution in [0.3, 0.4) is 0 Å². The first-order valence-corrected chi connectivity index (χ1v) is 12.3. The highest BCUT2D eigenvalue weighted by Gasteiger charge is 2.29. The Labute approximate surface area is 187 Å². The van der Waals surface area contributed by atoms with Gasteiger partial charge in [-0.1, -0.05) is 18.0 Å². The van der Waals surface area contributed by atoms with Crippen molar-refractivity contribution in [1.29, 1.82) is 0 Å². The topological polar surface area (TPSA) is 69.7 Å². The Morgan fingerprint density at radius 1 is 0.935 bits per heavy atom. The average Bonchev–Trinajstić information content (AvgIpc) is 3.29. The SMILES string of the molecule is O=C(Nc1cc(Cl)ccc1N1CCCC1)c1ccc(F)c(S(=O)(=O)N2CCCCC2)c1. The third kappa shape index (κ3) is 4.71. The summed E-state index contributed by atoms with van der Waals surface area (Å²) in [5.41, 5.74) is 1.48. The summed E-state index contributed by atoms with van der Waals surface area (Å²) in [7, 11) is -4.00. The van der Waals surface area contributed by atoms with Crippen molar-refractivity contribution < 1.29 is 17.6 Å². The summed E-state index contributed by atoms with van der Waals surface area (Å²) in [6.07, 6.45) is 4.59. The first-order valence-electron chi connectivity index (χ1n) is 10.5. The van der Waals surface area contributed by atoms with E-state index in [4.69, 9.17) is 11.6 Å². The number of hydrogen-bond acceptors (Lipinski definition) is 4. The fourth-order valence-electron chi connectivity index (χ4n) is 4.12. The second-order valence-electron chi connectivity index (χ2n) is 7.92. The molecule has 1 N–H and O–H groups in total. The van der Waals surface area contributed by atoms with Crippen molar-refractivity contribution in [2.45, 2.75) is 37.0 Å². The number of nitrogens with one attached hydrogen (secondary N) is 1. The van der Waals surface area contributed by atoms with Gasteiger partial charge in [0.05, 0.1) is 11.4 Å². The summed E-state index contributed by atoms with van der Waals surface area (Å²) in [6, 6.07) is 8.74. The van der Waals surface area contributed by atoms with Gasteiger partial charge in [0.15, 0.2) is 0 Å². The molecule has 2 aliphatic rings. The number of halogens is 2. The molecular weight excluding hydrogens is 441 g/mol. The van der Waals surface area contributed by atoms with Crippen LogP contribution in [-0.4, -0.2) is 44.8 Å². The molecule has 0 bridgehead atoms. The molecule has 0 saturated carbocycles. The Hall–Kier alpha value is -2.16. The van der Waals surface area contributed by atoms with Crippen LogP contribution < -0.4 is 10.2 Å². The molecule has 0 spiro atoms. The monoisotopic (exact) mass is 465 g/mol. The molecule has 2 saturated heterocycles. The summed E-state index contributed by atoms with van der Waals surface area (Å²) in [4.78, 5) is 14.7. The minimum absolute atomic E-state index is 0.0735. The number of piperidine rings is 1. The third-order valence-corrected chi connectivity index (χ3v) is 7.93. The van der Waals surface area contributed by atoms with Crippen LogP contribution in [0.25, 0.3) is 0 Å². The van der Waals surface area contributed by atoms with E-state index in [0.29, 0.717) is 23.8 Å². The van der Waals surface area contributed by atoms with Crippen molar-refractivity contribution in [3.63, 3.8) is 0 Å². The van der Waals surface area contributed by atoms with Crippen molar-refractivity contribution in [3.05, 3.63) is 52.8 Å². The fourth-order valence-corrected chi connectivity index (χ4v) is 5.90. The molecule has 0 unspecified atom stereocenters. The van der Waals surface area contributed by atoms with Crippen LogP contribution in [0.4, 0.5) is 15.8 Å². The van der Waals surface area contributed by atoms with E-state index in [9.17, 15) is 17.6 Å². The van der Waals surface area contributed by atoms with Gasteiger partial charge in [0.2, 0.25) is 10.0 Å². The number of carbonyl (C=O) groups is 1. The van der Waals surface area contributed by atoms with Crippen LogP contribution in [0.2, 0.25) is 5.02 Å². The molecular formula is C22H25ClFN3O3S. The molecule has 166 valence electrons. The molecule has 4 rings (SSSR count). The molecule has 0 aromatic heterocycles. The predicted octanol–water partition coefficient (Wildman–Crippen LogP) is 4.51. The average molecular weight is 466 g/mol. The van der Waals surface area contributed by atoms with E-state index in [0.717, 1.165) is 63.0 Å². The van der Waals surface area contributed by atoms with Gasteiger partial charge in [-0.3, -0.25) is 4.79 Å². The third-order valence-electron chi connectivity index (χ3n) is 5.78. The zero-order valence-corrected chi connectivity index (χ0v) is 18.7. The molecule has 31 heavy (non-hydrogen) atoms. The number of sulfonamides is 1. The van der Waals surface area contributed by atoms with Gasteiger partial charge < -0.3 is 10.2 Å². The number of nitrogens with zero attached hydrogens (tertiary/aromatic N) is 2. The lowest BCUT2D eigenvalue weighted by Crippen LogP contribution is -2.36. The van der Waals surface area contributed by atoms with Gasteiger partial charge in [0, 0.05) is 36.8 Å². The first kappa shape index (κ1) is 22.0. The zero-order valence-electron chi connectivity index (χ0n) is 17.1. The molecule has 2 fully saturated rings. The normalized spacial score (nSPS) is 17.7. The van der Waals surface area contributed by atoms with E-state index in [1.54, 1.807) is 12.1 Å². The summed E-state index contributed by atoms with van der Waals surface area (Å²) in [6.45, 7) is 2.50. The van der Waals surface area contributed by atoms with Crippen LogP contribution in [0, 0.1) is 5.82 Å².